The number of methoxy groups -OCH3 is 2. The first-order valence-corrected chi connectivity index (χ1v) is 7.61. The average molecular weight is 308 g/mol. The molecule has 1 saturated heterocycles. The summed E-state index contributed by atoms with van der Waals surface area (Å²) in [5, 5.41) is 0. The Bertz CT molecular complexity index is 487. The zero-order valence-corrected chi connectivity index (χ0v) is 13.3. The van der Waals surface area contributed by atoms with Gasteiger partial charge in [-0.1, -0.05) is 6.42 Å². The van der Waals surface area contributed by atoms with Crippen molar-refractivity contribution in [1.82, 2.24) is 10.4 Å². The zero-order valence-electron chi connectivity index (χ0n) is 13.3. The molecule has 1 aliphatic heterocycles. The van der Waals surface area contributed by atoms with E-state index in [4.69, 9.17) is 14.3 Å². The first kappa shape index (κ1) is 16.6. The molecule has 6 nitrogen and oxygen atoms in total. The second-order valence-corrected chi connectivity index (χ2v) is 5.25. The SMILES string of the molecule is COc1ccc(C(=O)NOCCN2CCCCC2)cc1OC. The maximum absolute atomic E-state index is 12.0. The van der Waals surface area contributed by atoms with Crippen LogP contribution in [0.15, 0.2) is 18.2 Å². The fourth-order valence-corrected chi connectivity index (χ4v) is 2.51. The lowest BCUT2D eigenvalue weighted by Gasteiger charge is -2.25. The number of ether oxygens (including phenoxy) is 2. The summed E-state index contributed by atoms with van der Waals surface area (Å²) in [5.74, 6) is 0.813. The highest BCUT2D eigenvalue weighted by atomic mass is 16.7. The van der Waals surface area contributed by atoms with E-state index in [0.29, 0.717) is 23.7 Å². The van der Waals surface area contributed by atoms with Crippen molar-refractivity contribution in [3.05, 3.63) is 23.8 Å². The first-order valence-electron chi connectivity index (χ1n) is 7.61. The third-order valence-corrected chi connectivity index (χ3v) is 3.77. The molecule has 122 valence electrons. The average Bonchev–Trinajstić information content (AvgIpc) is 2.58. The van der Waals surface area contributed by atoms with Gasteiger partial charge in [-0.25, -0.2) is 5.48 Å². The predicted octanol–water partition coefficient (Wildman–Crippen LogP) is 1.85. The third kappa shape index (κ3) is 4.61. The Kier molecular flexibility index (Phi) is 6.48. The molecule has 1 aliphatic rings. The van der Waals surface area contributed by atoms with Gasteiger partial charge < -0.3 is 14.4 Å². The normalized spacial score (nSPS) is 15.4. The van der Waals surface area contributed by atoms with Crippen molar-refractivity contribution < 1.29 is 19.1 Å². The summed E-state index contributed by atoms with van der Waals surface area (Å²) >= 11 is 0. The number of hydrogen-bond acceptors (Lipinski definition) is 5. The molecular weight excluding hydrogens is 284 g/mol. The number of likely N-dealkylation sites (tertiary alicyclic amines) is 1. The monoisotopic (exact) mass is 308 g/mol. The van der Waals surface area contributed by atoms with Crippen LogP contribution in [0.2, 0.25) is 0 Å². The predicted molar refractivity (Wildman–Crippen MR) is 83.3 cm³/mol. The summed E-state index contributed by atoms with van der Waals surface area (Å²) in [7, 11) is 3.09. The molecule has 1 fully saturated rings. The smallest absolute Gasteiger partial charge is 0.274 e. The Labute approximate surface area is 131 Å². The van der Waals surface area contributed by atoms with Gasteiger partial charge in [0.2, 0.25) is 0 Å². The van der Waals surface area contributed by atoms with Crippen LogP contribution in [0.1, 0.15) is 29.6 Å². The number of benzene rings is 1. The van der Waals surface area contributed by atoms with Crippen molar-refractivity contribution >= 4 is 5.91 Å². The molecule has 6 heteroatoms. The van der Waals surface area contributed by atoms with Crippen LogP contribution in [0.5, 0.6) is 11.5 Å². The maximum atomic E-state index is 12.0. The quantitative estimate of drug-likeness (QED) is 0.615. The molecular formula is C16H24N2O4. The summed E-state index contributed by atoms with van der Waals surface area (Å²) in [6, 6.07) is 4.99. The zero-order chi connectivity index (χ0) is 15.8. The Morgan fingerprint density at radius 2 is 1.86 bits per heavy atom. The lowest BCUT2D eigenvalue weighted by atomic mass is 10.1. The van der Waals surface area contributed by atoms with Crippen LogP contribution in [0.25, 0.3) is 0 Å². The fourth-order valence-electron chi connectivity index (χ4n) is 2.51. The molecule has 0 radical (unpaired) electrons. The molecule has 0 aliphatic carbocycles. The molecule has 1 aromatic carbocycles. The van der Waals surface area contributed by atoms with E-state index in [1.54, 1.807) is 25.3 Å². The number of piperidine rings is 1. The number of nitrogens with zero attached hydrogens (tertiary/aromatic N) is 1. The number of hydroxylamine groups is 1. The highest BCUT2D eigenvalue weighted by molar-refractivity contribution is 5.94. The Balaban J connectivity index is 1.77. The second kappa shape index (κ2) is 8.60. The van der Waals surface area contributed by atoms with Crippen LogP contribution >= 0.6 is 0 Å². The molecule has 0 atom stereocenters. The number of rotatable bonds is 7. The van der Waals surface area contributed by atoms with Crippen LogP contribution in [0.3, 0.4) is 0 Å². The number of hydrogen-bond donors (Lipinski definition) is 1. The van der Waals surface area contributed by atoms with E-state index in [1.807, 2.05) is 0 Å². The summed E-state index contributed by atoms with van der Waals surface area (Å²) in [4.78, 5) is 19.6. The fraction of sp³-hybridized carbons (Fsp3) is 0.562. The van der Waals surface area contributed by atoms with Gasteiger partial charge in [-0.05, 0) is 44.1 Å². The molecule has 1 aromatic rings. The lowest BCUT2D eigenvalue weighted by Crippen LogP contribution is -2.35. The molecule has 1 heterocycles. The van der Waals surface area contributed by atoms with Crippen LogP contribution in [0, 0.1) is 0 Å². The minimum atomic E-state index is -0.292. The van der Waals surface area contributed by atoms with E-state index in [-0.39, 0.29) is 5.91 Å². The van der Waals surface area contributed by atoms with E-state index in [9.17, 15) is 4.79 Å². The molecule has 0 aromatic heterocycles. The van der Waals surface area contributed by atoms with Crippen LogP contribution in [-0.2, 0) is 4.84 Å². The van der Waals surface area contributed by atoms with Gasteiger partial charge in [-0.3, -0.25) is 9.63 Å². The summed E-state index contributed by atoms with van der Waals surface area (Å²) in [5.41, 5.74) is 2.93. The van der Waals surface area contributed by atoms with Crippen LogP contribution in [-0.4, -0.2) is 51.3 Å². The van der Waals surface area contributed by atoms with E-state index in [1.165, 1.54) is 26.4 Å². The van der Waals surface area contributed by atoms with Gasteiger partial charge in [0.1, 0.15) is 0 Å². The second-order valence-electron chi connectivity index (χ2n) is 5.25. The van der Waals surface area contributed by atoms with E-state index in [2.05, 4.69) is 10.4 Å². The molecule has 0 bridgehead atoms. The van der Waals surface area contributed by atoms with Crippen molar-refractivity contribution in [3.8, 4) is 11.5 Å². The van der Waals surface area contributed by atoms with Crippen molar-refractivity contribution in [2.75, 3.05) is 40.5 Å². The molecule has 1 amide bonds. The molecule has 2 rings (SSSR count). The van der Waals surface area contributed by atoms with Gasteiger partial charge in [-0.15, -0.1) is 0 Å². The van der Waals surface area contributed by atoms with Gasteiger partial charge in [0.15, 0.2) is 11.5 Å². The van der Waals surface area contributed by atoms with E-state index >= 15 is 0 Å². The maximum Gasteiger partial charge on any atom is 0.274 e. The standard InChI is InChI=1S/C16H24N2O4/c1-20-14-7-6-13(12-15(14)21-2)16(19)17-22-11-10-18-8-4-3-5-9-18/h6-7,12H,3-5,8-11H2,1-2H3,(H,17,19). The minimum Gasteiger partial charge on any atom is -0.493 e. The minimum absolute atomic E-state index is 0.292. The van der Waals surface area contributed by atoms with Gasteiger partial charge >= 0.3 is 0 Å². The number of amides is 1. The van der Waals surface area contributed by atoms with Gasteiger partial charge in [0.25, 0.3) is 5.91 Å². The highest BCUT2D eigenvalue weighted by Gasteiger charge is 2.12. The largest absolute Gasteiger partial charge is 0.493 e. The molecule has 0 saturated carbocycles. The third-order valence-electron chi connectivity index (χ3n) is 3.77. The lowest BCUT2D eigenvalue weighted by molar-refractivity contribution is 0.0206. The van der Waals surface area contributed by atoms with Crippen molar-refractivity contribution in [3.63, 3.8) is 0 Å². The summed E-state index contributed by atoms with van der Waals surface area (Å²) in [6.07, 6.45) is 3.81. The Morgan fingerprint density at radius 1 is 1.14 bits per heavy atom. The number of nitrogens with one attached hydrogen (secondary N) is 1. The molecule has 1 N–H and O–H groups in total. The van der Waals surface area contributed by atoms with Gasteiger partial charge in [0, 0.05) is 12.1 Å². The highest BCUT2D eigenvalue weighted by Crippen LogP contribution is 2.27. The van der Waals surface area contributed by atoms with Crippen LogP contribution < -0.4 is 15.0 Å². The van der Waals surface area contributed by atoms with Crippen LogP contribution in [0.4, 0.5) is 0 Å². The van der Waals surface area contributed by atoms with Crippen molar-refractivity contribution in [1.29, 1.82) is 0 Å². The van der Waals surface area contributed by atoms with Gasteiger partial charge in [0.05, 0.1) is 20.8 Å². The summed E-state index contributed by atoms with van der Waals surface area (Å²) in [6.45, 7) is 3.56. The number of carbonyl (C=O) groups excluding carboxylic acids is 1. The Morgan fingerprint density at radius 3 is 2.55 bits per heavy atom. The molecule has 0 spiro atoms. The topological polar surface area (TPSA) is 60.0 Å². The summed E-state index contributed by atoms with van der Waals surface area (Å²) < 4.78 is 10.3. The molecule has 22 heavy (non-hydrogen) atoms. The first-order chi connectivity index (χ1) is 10.7. The van der Waals surface area contributed by atoms with Crippen molar-refractivity contribution in [2.24, 2.45) is 0 Å². The Hall–Kier alpha value is -1.79. The van der Waals surface area contributed by atoms with Gasteiger partial charge in [-0.2, -0.15) is 0 Å². The molecule has 0 unspecified atom stereocenters. The number of carbonyl (C=O) groups is 1. The van der Waals surface area contributed by atoms with E-state index in [0.717, 1.165) is 19.6 Å². The van der Waals surface area contributed by atoms with E-state index < -0.39 is 0 Å². The van der Waals surface area contributed by atoms with Crippen molar-refractivity contribution in [2.45, 2.75) is 19.3 Å².